The first kappa shape index (κ1) is 17.0. The van der Waals surface area contributed by atoms with Crippen LogP contribution in [-0.2, 0) is 11.2 Å². The molecule has 0 spiro atoms. The Labute approximate surface area is 145 Å². The number of ether oxygens (including phenoxy) is 2. The second kappa shape index (κ2) is 7.38. The number of rotatable bonds is 5. The molecule has 7 heteroatoms. The van der Waals surface area contributed by atoms with Gasteiger partial charge < -0.3 is 19.3 Å². The lowest BCUT2D eigenvalue weighted by Crippen LogP contribution is -2.30. The zero-order valence-corrected chi connectivity index (χ0v) is 14.2. The molecule has 0 fully saturated rings. The topological polar surface area (TPSA) is 90.7 Å². The van der Waals surface area contributed by atoms with Crippen LogP contribution in [0.4, 0.5) is 0 Å². The van der Waals surface area contributed by atoms with Crippen molar-refractivity contribution in [3.05, 3.63) is 46.8 Å². The second-order valence-electron chi connectivity index (χ2n) is 5.93. The normalized spacial score (nSPS) is 16.0. The van der Waals surface area contributed by atoms with E-state index >= 15 is 0 Å². The molecule has 1 atom stereocenters. The Balaban J connectivity index is 1.65. The molecule has 3 rings (SSSR count). The number of methoxy groups -OCH3 is 2. The van der Waals surface area contributed by atoms with E-state index in [0.29, 0.717) is 6.54 Å². The highest BCUT2D eigenvalue weighted by Gasteiger charge is 2.23. The summed E-state index contributed by atoms with van der Waals surface area (Å²) in [6.07, 6.45) is 3.09. The van der Waals surface area contributed by atoms with Crippen molar-refractivity contribution in [1.29, 1.82) is 0 Å². The maximum Gasteiger partial charge on any atom is 0.376 e. The van der Waals surface area contributed by atoms with Crippen LogP contribution >= 0.6 is 0 Å². The number of fused-ring (bicyclic) bond motifs is 1. The largest absolute Gasteiger partial charge is 0.497 e. The van der Waals surface area contributed by atoms with Crippen molar-refractivity contribution in [2.45, 2.75) is 25.2 Å². The molecule has 0 radical (unpaired) electrons. The van der Waals surface area contributed by atoms with E-state index in [0.717, 1.165) is 25.0 Å². The second-order valence-corrected chi connectivity index (χ2v) is 5.93. The summed E-state index contributed by atoms with van der Waals surface area (Å²) in [5.41, 5.74) is 2.56. The Morgan fingerprint density at radius 2 is 2.16 bits per heavy atom. The highest BCUT2D eigenvalue weighted by Crippen LogP contribution is 2.33. The summed E-state index contributed by atoms with van der Waals surface area (Å²) in [5, 5.41) is 6.48. The summed E-state index contributed by atoms with van der Waals surface area (Å²) in [5.74, 6) is -0.0454. The van der Waals surface area contributed by atoms with E-state index in [1.165, 1.54) is 24.3 Å². The van der Waals surface area contributed by atoms with Gasteiger partial charge in [-0.25, -0.2) is 4.79 Å². The molecule has 1 unspecified atom stereocenters. The van der Waals surface area contributed by atoms with Gasteiger partial charge in [0.1, 0.15) is 5.75 Å². The molecular formula is C18H20N2O5. The van der Waals surface area contributed by atoms with Crippen LogP contribution in [0.25, 0.3) is 0 Å². The molecular weight excluding hydrogens is 324 g/mol. The Hall–Kier alpha value is -2.83. The van der Waals surface area contributed by atoms with Gasteiger partial charge in [0.25, 0.3) is 5.91 Å². The number of aryl methyl sites for hydroxylation is 1. The fourth-order valence-corrected chi connectivity index (χ4v) is 3.12. The maximum atomic E-state index is 12.2. The number of carbonyl (C=O) groups is 2. The minimum Gasteiger partial charge on any atom is -0.497 e. The predicted octanol–water partition coefficient (Wildman–Crippen LogP) is 2.32. The molecule has 1 aliphatic carbocycles. The smallest absolute Gasteiger partial charge is 0.376 e. The Bertz CT molecular complexity index is 784. The van der Waals surface area contributed by atoms with Crippen LogP contribution < -0.4 is 10.1 Å². The third-order valence-electron chi connectivity index (χ3n) is 4.43. The summed E-state index contributed by atoms with van der Waals surface area (Å²) in [7, 11) is 2.89. The van der Waals surface area contributed by atoms with E-state index in [1.54, 1.807) is 7.11 Å². The molecule has 132 valence electrons. The molecule has 2 aromatic rings. The van der Waals surface area contributed by atoms with Gasteiger partial charge >= 0.3 is 5.97 Å². The number of aromatic nitrogens is 1. The Morgan fingerprint density at radius 3 is 2.92 bits per heavy atom. The van der Waals surface area contributed by atoms with Crippen LogP contribution in [0.1, 0.15) is 50.9 Å². The van der Waals surface area contributed by atoms with Gasteiger partial charge in [-0.3, -0.25) is 4.79 Å². The van der Waals surface area contributed by atoms with Crippen molar-refractivity contribution >= 4 is 11.9 Å². The van der Waals surface area contributed by atoms with Gasteiger partial charge in [0.15, 0.2) is 5.69 Å². The average molecular weight is 344 g/mol. The molecule has 1 aliphatic rings. The van der Waals surface area contributed by atoms with Crippen molar-refractivity contribution in [3.8, 4) is 5.75 Å². The number of nitrogens with zero attached hydrogens (tertiary/aromatic N) is 1. The van der Waals surface area contributed by atoms with Crippen LogP contribution in [0.5, 0.6) is 5.75 Å². The number of carbonyl (C=O) groups excluding carboxylic acids is 2. The lowest BCUT2D eigenvalue weighted by Gasteiger charge is -2.26. The molecule has 1 amide bonds. The Morgan fingerprint density at radius 1 is 1.32 bits per heavy atom. The number of benzene rings is 1. The molecule has 7 nitrogen and oxygen atoms in total. The van der Waals surface area contributed by atoms with Gasteiger partial charge in [0, 0.05) is 18.5 Å². The summed E-state index contributed by atoms with van der Waals surface area (Å²) in [4.78, 5) is 23.6. The number of hydrogen-bond acceptors (Lipinski definition) is 6. The first-order chi connectivity index (χ1) is 12.1. The zero-order valence-electron chi connectivity index (χ0n) is 14.2. The lowest BCUT2D eigenvalue weighted by molar-refractivity contribution is 0.0554. The summed E-state index contributed by atoms with van der Waals surface area (Å²) in [6.45, 7) is 0.499. The van der Waals surface area contributed by atoms with E-state index in [2.05, 4.69) is 27.3 Å². The number of hydrogen-bond donors (Lipinski definition) is 1. The van der Waals surface area contributed by atoms with Crippen LogP contribution in [0.15, 0.2) is 28.8 Å². The quantitative estimate of drug-likeness (QED) is 0.837. The molecule has 1 N–H and O–H groups in total. The van der Waals surface area contributed by atoms with Gasteiger partial charge in [-0.05, 0) is 42.5 Å². The molecule has 0 bridgehead atoms. The van der Waals surface area contributed by atoms with Gasteiger partial charge in [0.05, 0.1) is 14.2 Å². The van der Waals surface area contributed by atoms with Gasteiger partial charge in [-0.15, -0.1) is 0 Å². The van der Waals surface area contributed by atoms with Gasteiger partial charge in [-0.2, -0.15) is 0 Å². The first-order valence-corrected chi connectivity index (χ1v) is 8.12. The minimum absolute atomic E-state index is 0.0613. The maximum absolute atomic E-state index is 12.2. The van der Waals surface area contributed by atoms with Gasteiger partial charge in [0.2, 0.25) is 5.76 Å². The molecule has 0 saturated carbocycles. The third kappa shape index (κ3) is 3.65. The number of nitrogens with one attached hydrogen (secondary N) is 1. The third-order valence-corrected chi connectivity index (χ3v) is 4.43. The average Bonchev–Trinajstić information content (AvgIpc) is 3.15. The van der Waals surface area contributed by atoms with Crippen molar-refractivity contribution < 1.29 is 23.6 Å². The van der Waals surface area contributed by atoms with Gasteiger partial charge in [-0.1, -0.05) is 11.2 Å². The standard InChI is InChI=1S/C18H20N2O5/c1-23-13-6-7-14-11(8-13)4-3-5-12(14)10-19-17(21)15-9-16(25-20-15)18(22)24-2/h6-9,12H,3-5,10H2,1-2H3,(H,19,21). The molecule has 1 heterocycles. The van der Waals surface area contributed by atoms with Crippen molar-refractivity contribution in [1.82, 2.24) is 10.5 Å². The Kier molecular flexibility index (Phi) is 5.02. The number of esters is 1. The fraction of sp³-hybridized carbons (Fsp3) is 0.389. The SMILES string of the molecule is COC(=O)c1cc(C(=O)NCC2CCCc3cc(OC)ccc32)no1. The van der Waals surface area contributed by atoms with Crippen LogP contribution in [-0.4, -0.2) is 37.8 Å². The fourth-order valence-electron chi connectivity index (χ4n) is 3.12. The first-order valence-electron chi connectivity index (χ1n) is 8.12. The molecule has 1 aromatic carbocycles. The van der Waals surface area contributed by atoms with E-state index in [9.17, 15) is 9.59 Å². The van der Waals surface area contributed by atoms with Crippen LogP contribution in [0.3, 0.4) is 0 Å². The van der Waals surface area contributed by atoms with E-state index < -0.39 is 5.97 Å². The lowest BCUT2D eigenvalue weighted by atomic mass is 9.82. The van der Waals surface area contributed by atoms with E-state index in [-0.39, 0.29) is 23.3 Å². The molecule has 1 aromatic heterocycles. The summed E-state index contributed by atoms with van der Waals surface area (Å²) in [6, 6.07) is 7.35. The van der Waals surface area contributed by atoms with E-state index in [4.69, 9.17) is 9.26 Å². The predicted molar refractivity (Wildman–Crippen MR) is 88.8 cm³/mol. The summed E-state index contributed by atoms with van der Waals surface area (Å²) < 4.78 is 14.6. The highest BCUT2D eigenvalue weighted by atomic mass is 16.5. The van der Waals surface area contributed by atoms with Crippen molar-refractivity contribution in [3.63, 3.8) is 0 Å². The number of amides is 1. The van der Waals surface area contributed by atoms with Crippen LogP contribution in [0, 0.1) is 0 Å². The minimum atomic E-state index is -0.665. The highest BCUT2D eigenvalue weighted by molar-refractivity contribution is 5.95. The zero-order chi connectivity index (χ0) is 17.8. The molecule has 25 heavy (non-hydrogen) atoms. The van der Waals surface area contributed by atoms with Crippen LogP contribution in [0.2, 0.25) is 0 Å². The molecule has 0 aliphatic heterocycles. The summed E-state index contributed by atoms with van der Waals surface area (Å²) >= 11 is 0. The van der Waals surface area contributed by atoms with Crippen molar-refractivity contribution in [2.75, 3.05) is 20.8 Å². The monoisotopic (exact) mass is 344 g/mol. The van der Waals surface area contributed by atoms with Crippen molar-refractivity contribution in [2.24, 2.45) is 0 Å². The molecule has 0 saturated heterocycles. The van der Waals surface area contributed by atoms with E-state index in [1.807, 2.05) is 6.07 Å².